The molecule has 11 rings (SSSR count). The molecule has 0 radical (unpaired) electrons. The van der Waals surface area contributed by atoms with E-state index in [0.29, 0.717) is 0 Å². The van der Waals surface area contributed by atoms with Crippen molar-refractivity contribution in [1.29, 1.82) is 0 Å². The van der Waals surface area contributed by atoms with Crippen molar-refractivity contribution < 1.29 is 0 Å². The summed E-state index contributed by atoms with van der Waals surface area (Å²) in [5, 5.41) is 0. The molecule has 9 aromatic rings. The fraction of sp³-hybridized carbons (Fsp3) is 0.308. The van der Waals surface area contributed by atoms with Gasteiger partial charge in [0.05, 0.1) is 0 Å². The van der Waals surface area contributed by atoms with Crippen molar-refractivity contribution in [3.63, 3.8) is 0 Å². The van der Waals surface area contributed by atoms with Gasteiger partial charge in [-0.25, -0.2) is 0 Å². The molecule has 0 bridgehead atoms. The molecule has 0 N–H and O–H groups in total. The van der Waals surface area contributed by atoms with Crippen LogP contribution in [0, 0.1) is 13.8 Å². The highest BCUT2D eigenvalue weighted by Gasteiger charge is 2.38. The van der Waals surface area contributed by atoms with Crippen molar-refractivity contribution >= 4 is 0 Å². The van der Waals surface area contributed by atoms with E-state index in [-0.39, 0.29) is 32.5 Å². The molecule has 2 aliphatic carbocycles. The van der Waals surface area contributed by atoms with Crippen LogP contribution in [0.3, 0.4) is 0 Å². The first-order valence-corrected chi connectivity index (χ1v) is 28.7. The maximum Gasteiger partial charge on any atom is 0.0159 e. The van der Waals surface area contributed by atoms with E-state index in [9.17, 15) is 0 Å². The summed E-state index contributed by atoms with van der Waals surface area (Å²) in [5.41, 5.74) is 34.4. The van der Waals surface area contributed by atoms with E-state index in [1.807, 2.05) is 0 Å². The molecule has 0 heteroatoms. The largest absolute Gasteiger partial charge is 0.0579 e. The van der Waals surface area contributed by atoms with E-state index in [1.54, 1.807) is 0 Å². The van der Waals surface area contributed by atoms with E-state index < -0.39 is 0 Å². The van der Waals surface area contributed by atoms with Gasteiger partial charge < -0.3 is 0 Å². The smallest absolute Gasteiger partial charge is 0.0159 e. The normalized spacial score (nSPS) is 14.5. The van der Waals surface area contributed by atoms with Gasteiger partial charge in [0.2, 0.25) is 0 Å². The van der Waals surface area contributed by atoms with Gasteiger partial charge in [-0.3, -0.25) is 0 Å². The Balaban J connectivity index is 0.866. The molecule has 0 saturated heterocycles. The van der Waals surface area contributed by atoms with Gasteiger partial charge in [0.25, 0.3) is 0 Å². The van der Waals surface area contributed by atoms with Crippen molar-refractivity contribution in [2.45, 2.75) is 157 Å². The summed E-state index contributed by atoms with van der Waals surface area (Å²) in [4.78, 5) is 0. The molecule has 394 valence electrons. The number of hydrogen-bond donors (Lipinski definition) is 0. The average Bonchev–Trinajstić information content (AvgIpc) is 4.03. The second-order valence-corrected chi connectivity index (χ2v) is 28.4. The predicted octanol–water partition coefficient (Wildman–Crippen LogP) is 22.1. The molecule has 0 atom stereocenters. The van der Waals surface area contributed by atoms with Crippen molar-refractivity contribution in [2.75, 3.05) is 0 Å². The Labute approximate surface area is 469 Å². The Morgan fingerprint density at radius 1 is 0.231 bits per heavy atom. The molecule has 9 aromatic carbocycles. The first kappa shape index (κ1) is 53.0. The summed E-state index contributed by atoms with van der Waals surface area (Å²) in [6.45, 7) is 42.1. The topological polar surface area (TPSA) is 0 Å². The Kier molecular flexibility index (Phi) is 12.4. The molecule has 2 aliphatic rings. The number of fused-ring (bicyclic) bond motifs is 6. The van der Waals surface area contributed by atoms with Crippen LogP contribution in [-0.4, -0.2) is 0 Å². The molecule has 0 heterocycles. The third-order valence-corrected chi connectivity index (χ3v) is 18.1. The summed E-state index contributed by atoms with van der Waals surface area (Å²) >= 11 is 0. The predicted molar refractivity (Wildman–Crippen MR) is 338 cm³/mol. The first-order chi connectivity index (χ1) is 36.5. The number of hydrogen-bond acceptors (Lipinski definition) is 0. The molecule has 0 amide bonds. The summed E-state index contributed by atoms with van der Waals surface area (Å²) in [6.07, 6.45) is 0. The molecule has 0 unspecified atom stereocenters. The minimum absolute atomic E-state index is 0.00331. The second kappa shape index (κ2) is 18.3. The van der Waals surface area contributed by atoms with Gasteiger partial charge in [0.15, 0.2) is 0 Å². The van der Waals surface area contributed by atoms with Gasteiger partial charge in [-0.2, -0.15) is 0 Å². The summed E-state index contributed by atoms with van der Waals surface area (Å²) in [5.74, 6) is 0. The van der Waals surface area contributed by atoms with E-state index in [1.165, 1.54) is 145 Å². The minimum Gasteiger partial charge on any atom is -0.0579 e. The van der Waals surface area contributed by atoms with Gasteiger partial charge >= 0.3 is 0 Å². The van der Waals surface area contributed by atoms with E-state index >= 15 is 0 Å². The van der Waals surface area contributed by atoms with E-state index in [2.05, 4.69) is 294 Å². The zero-order chi connectivity index (χ0) is 55.8. The highest BCUT2D eigenvalue weighted by Crippen LogP contribution is 2.53. The lowest BCUT2D eigenvalue weighted by Gasteiger charge is -2.26. The van der Waals surface area contributed by atoms with Gasteiger partial charge in [-0.15, -0.1) is 0 Å². The van der Waals surface area contributed by atoms with Gasteiger partial charge in [0.1, 0.15) is 0 Å². The molecule has 0 saturated carbocycles. The number of benzene rings is 9. The zero-order valence-corrected chi connectivity index (χ0v) is 50.2. The molecule has 0 nitrogen and oxygen atoms in total. The van der Waals surface area contributed by atoms with Crippen LogP contribution in [0.15, 0.2) is 170 Å². The monoisotopic (exact) mass is 1020 g/mol. The van der Waals surface area contributed by atoms with Crippen molar-refractivity contribution in [3.8, 4) is 89.0 Å². The molecular weight excluding hydrogens is 937 g/mol. The average molecular weight is 1020 g/mol. The Morgan fingerprint density at radius 3 is 0.731 bits per heavy atom. The quantitative estimate of drug-likeness (QED) is 0.156. The molecule has 0 fully saturated rings. The SMILES string of the molecule is Cc1c(-c2ccc(C(C)(C)C)cc2)cc(-c2ccc3c(c2)C(C)(C)c2cc(-c4ccc(-c5ccc6c(c5)C(C)(C)c5cc(-c7cc(-c8ccc(C(C)(C)C)cc8)c(C)c(C(C)(C)C)c7)ccc5-6)cc4)ccc2-3)cc1C(C)(C)C. The third-order valence-electron chi connectivity index (χ3n) is 18.1. The Bertz CT molecular complexity index is 3580. The van der Waals surface area contributed by atoms with Crippen molar-refractivity contribution in [1.82, 2.24) is 0 Å². The summed E-state index contributed by atoms with van der Waals surface area (Å²) in [7, 11) is 0. The van der Waals surface area contributed by atoms with Crippen LogP contribution in [0.5, 0.6) is 0 Å². The zero-order valence-electron chi connectivity index (χ0n) is 50.2. The van der Waals surface area contributed by atoms with E-state index in [0.717, 1.165) is 0 Å². The first-order valence-electron chi connectivity index (χ1n) is 28.7. The van der Waals surface area contributed by atoms with Gasteiger partial charge in [-0.05, 0) is 217 Å². The molecule has 0 aromatic heterocycles. The molecule has 0 aliphatic heterocycles. The van der Waals surface area contributed by atoms with E-state index in [4.69, 9.17) is 0 Å². The number of rotatable bonds is 6. The Hall–Kier alpha value is -7.02. The van der Waals surface area contributed by atoms with Crippen LogP contribution in [0.25, 0.3) is 89.0 Å². The lowest BCUT2D eigenvalue weighted by atomic mass is 9.78. The van der Waals surface area contributed by atoms with Crippen LogP contribution in [0.2, 0.25) is 0 Å². The maximum absolute atomic E-state index is 2.48. The molecular formula is C78H82. The fourth-order valence-corrected chi connectivity index (χ4v) is 13.3. The minimum atomic E-state index is -0.160. The van der Waals surface area contributed by atoms with Crippen molar-refractivity contribution in [2.24, 2.45) is 0 Å². The van der Waals surface area contributed by atoms with Gasteiger partial charge in [-0.1, -0.05) is 244 Å². The van der Waals surface area contributed by atoms with Crippen molar-refractivity contribution in [3.05, 3.63) is 225 Å². The molecule has 0 spiro atoms. The maximum atomic E-state index is 2.48. The van der Waals surface area contributed by atoms with Crippen LogP contribution in [0.4, 0.5) is 0 Å². The highest BCUT2D eigenvalue weighted by molar-refractivity contribution is 5.89. The van der Waals surface area contributed by atoms with Gasteiger partial charge in [0, 0.05) is 10.8 Å². The van der Waals surface area contributed by atoms with Crippen LogP contribution in [0.1, 0.15) is 166 Å². The lowest BCUT2D eigenvalue weighted by molar-refractivity contribution is 0.586. The van der Waals surface area contributed by atoms with Crippen LogP contribution < -0.4 is 0 Å². The highest BCUT2D eigenvalue weighted by atomic mass is 14.4. The standard InChI is InChI=1S/C78H82/c1-47-65(51-23-31-59(32-24-51)73(3,4)5)39-57(45-67(47)75(9,10)11)55-29-37-63-61-35-27-53(41-69(61)77(15,16)71(63)43-55)49-19-21-50(22-20-49)54-28-36-62-64-38-30-56(44-72(64)78(17,18)70(62)42-54)58-40-66(48(2)68(46-58)76(12,13)14)52-25-33-60(34-26-52)74(6,7)8/h19-46H,1-18H3. The Morgan fingerprint density at radius 2 is 0.474 bits per heavy atom. The van der Waals surface area contributed by atoms with Crippen LogP contribution in [-0.2, 0) is 32.5 Å². The van der Waals surface area contributed by atoms with Crippen LogP contribution >= 0.6 is 0 Å². The fourth-order valence-electron chi connectivity index (χ4n) is 13.3. The summed E-state index contributed by atoms with van der Waals surface area (Å²) < 4.78 is 0. The summed E-state index contributed by atoms with van der Waals surface area (Å²) in [6, 6.07) is 66.4. The third kappa shape index (κ3) is 9.12. The second-order valence-electron chi connectivity index (χ2n) is 28.4. The lowest BCUT2D eigenvalue weighted by Crippen LogP contribution is -2.15. The molecule has 78 heavy (non-hydrogen) atoms.